The zero-order chi connectivity index (χ0) is 25.4. The number of aliphatic hydroxyl groups excluding tert-OH is 1. The lowest BCUT2D eigenvalue weighted by molar-refractivity contribution is -0.0728. The largest absolute Gasteiger partial charge is 0.446 e. The summed E-state index contributed by atoms with van der Waals surface area (Å²) in [5.41, 5.74) is 5.09. The number of rotatable bonds is 8. The number of nitrogens with one attached hydrogen (secondary N) is 1. The second-order valence-corrected chi connectivity index (χ2v) is 13.0. The van der Waals surface area contributed by atoms with Crippen LogP contribution >= 0.6 is 0 Å². The number of amides is 1. The molecule has 4 rings (SSSR count). The second kappa shape index (κ2) is 10.4. The summed E-state index contributed by atoms with van der Waals surface area (Å²) >= 11 is 0. The van der Waals surface area contributed by atoms with Crippen molar-refractivity contribution in [2.75, 3.05) is 13.2 Å². The number of hydrogen-bond donors (Lipinski definition) is 2. The molecule has 35 heavy (non-hydrogen) atoms. The van der Waals surface area contributed by atoms with Gasteiger partial charge in [-0.05, 0) is 90.9 Å². The van der Waals surface area contributed by atoms with Crippen molar-refractivity contribution in [1.29, 1.82) is 0 Å². The van der Waals surface area contributed by atoms with Gasteiger partial charge in [0.15, 0.2) is 0 Å². The predicted octanol–water partition coefficient (Wildman–Crippen LogP) is 7.20. The molecule has 4 aliphatic rings. The van der Waals surface area contributed by atoms with Crippen LogP contribution in [0.15, 0.2) is 35.5 Å². The van der Waals surface area contributed by atoms with Gasteiger partial charge in [-0.15, -0.1) is 0 Å². The molecule has 0 aromatic rings. The third-order valence-electron chi connectivity index (χ3n) is 10.2. The van der Waals surface area contributed by atoms with Gasteiger partial charge in [0, 0.05) is 13.0 Å². The molecule has 7 atom stereocenters. The second-order valence-electron chi connectivity index (χ2n) is 13.0. The summed E-state index contributed by atoms with van der Waals surface area (Å²) in [4.78, 5) is 12.1. The van der Waals surface area contributed by atoms with Crippen molar-refractivity contribution in [2.45, 2.75) is 98.5 Å². The first-order valence-corrected chi connectivity index (χ1v) is 14.2. The van der Waals surface area contributed by atoms with Crippen LogP contribution in [0.4, 0.5) is 4.79 Å². The van der Waals surface area contributed by atoms with E-state index in [1.807, 2.05) is 0 Å². The van der Waals surface area contributed by atoms with E-state index < -0.39 is 6.09 Å². The highest BCUT2D eigenvalue weighted by atomic mass is 16.6. The molecule has 0 aromatic carbocycles. The molecule has 0 saturated heterocycles. The quantitative estimate of drug-likeness (QED) is 0.359. The SMILES string of the molecule is C=C(CCCC(C)C)C1=CC[C@H]2[C@]3(C)CC=C4C[C@@H](OC(=O)NCCO)C[C@@H](C)C4[C@H]3CC[C@]12C. The van der Waals surface area contributed by atoms with Crippen LogP contribution in [0.5, 0.6) is 0 Å². The molecular formula is C31H49NO3. The number of ether oxygens (including phenoxy) is 1. The summed E-state index contributed by atoms with van der Waals surface area (Å²) in [7, 11) is 0. The van der Waals surface area contributed by atoms with Gasteiger partial charge in [-0.2, -0.15) is 0 Å². The third kappa shape index (κ3) is 5.02. The average Bonchev–Trinajstić information content (AvgIpc) is 3.15. The number of aliphatic hydroxyl groups is 1. The van der Waals surface area contributed by atoms with E-state index in [0.717, 1.165) is 31.6 Å². The van der Waals surface area contributed by atoms with Gasteiger partial charge in [-0.3, -0.25) is 0 Å². The molecule has 0 spiro atoms. The van der Waals surface area contributed by atoms with E-state index in [4.69, 9.17) is 9.84 Å². The summed E-state index contributed by atoms with van der Waals surface area (Å²) in [6, 6.07) is 0. The Hall–Kier alpha value is -1.55. The van der Waals surface area contributed by atoms with Gasteiger partial charge >= 0.3 is 6.09 Å². The van der Waals surface area contributed by atoms with Crippen molar-refractivity contribution >= 4 is 6.09 Å². The van der Waals surface area contributed by atoms with Gasteiger partial charge in [0.1, 0.15) is 6.10 Å². The smallest absolute Gasteiger partial charge is 0.407 e. The van der Waals surface area contributed by atoms with Gasteiger partial charge in [-0.1, -0.05) is 70.9 Å². The molecule has 4 aliphatic carbocycles. The summed E-state index contributed by atoms with van der Waals surface area (Å²) < 4.78 is 5.73. The first kappa shape index (κ1) is 26.5. The molecule has 2 N–H and O–H groups in total. The number of carbonyl (C=O) groups excluding carboxylic acids is 1. The molecule has 1 amide bonds. The molecule has 4 nitrogen and oxygen atoms in total. The Morgan fingerprint density at radius 1 is 1.31 bits per heavy atom. The molecule has 196 valence electrons. The topological polar surface area (TPSA) is 58.6 Å². The van der Waals surface area contributed by atoms with Crippen LogP contribution in [0.1, 0.15) is 92.4 Å². The molecule has 2 fully saturated rings. The minimum Gasteiger partial charge on any atom is -0.446 e. The molecule has 4 heteroatoms. The van der Waals surface area contributed by atoms with E-state index in [-0.39, 0.29) is 24.7 Å². The number of fused-ring (bicyclic) bond motifs is 5. The lowest BCUT2D eigenvalue weighted by Crippen LogP contribution is -2.53. The highest BCUT2D eigenvalue weighted by molar-refractivity contribution is 5.67. The standard InChI is InChI=1S/C31H49NO3/c1-20(2)8-7-9-21(3)25-10-11-27-30(25,5)15-13-26-28-22(4)18-24(35-29(34)32-16-17-33)19-23(28)12-14-31(26,27)6/h10,12,20,22,24,26-28,33H,3,7-9,11,13-19H2,1-2,4-6H3,(H,32,34)/t22-,24+,26-,27-,28?,30-,31-/m1/s1. The van der Waals surface area contributed by atoms with Crippen molar-refractivity contribution in [3.05, 3.63) is 35.5 Å². The maximum atomic E-state index is 12.1. The van der Waals surface area contributed by atoms with Gasteiger partial charge in [0.05, 0.1) is 6.61 Å². The average molecular weight is 484 g/mol. The van der Waals surface area contributed by atoms with E-state index >= 15 is 0 Å². The zero-order valence-electron chi connectivity index (χ0n) is 22.9. The van der Waals surface area contributed by atoms with Gasteiger partial charge in [0.25, 0.3) is 0 Å². The van der Waals surface area contributed by atoms with Crippen molar-refractivity contribution in [3.8, 4) is 0 Å². The van der Waals surface area contributed by atoms with Crippen molar-refractivity contribution in [2.24, 2.45) is 40.4 Å². The highest BCUT2D eigenvalue weighted by Crippen LogP contribution is 2.68. The Morgan fingerprint density at radius 2 is 2.09 bits per heavy atom. The Bertz CT molecular complexity index is 872. The molecular weight excluding hydrogens is 434 g/mol. The van der Waals surface area contributed by atoms with Crippen LogP contribution in [0, 0.1) is 40.4 Å². The molecule has 1 unspecified atom stereocenters. The number of alkyl carbamates (subject to hydrolysis) is 1. The van der Waals surface area contributed by atoms with Crippen molar-refractivity contribution in [3.63, 3.8) is 0 Å². The first-order chi connectivity index (χ1) is 16.6. The summed E-state index contributed by atoms with van der Waals surface area (Å²) in [5.74, 6) is 3.28. The van der Waals surface area contributed by atoms with Crippen LogP contribution in [0.2, 0.25) is 0 Å². The fourth-order valence-corrected chi connectivity index (χ4v) is 8.63. The number of hydrogen-bond acceptors (Lipinski definition) is 3. The Morgan fingerprint density at radius 3 is 2.80 bits per heavy atom. The fourth-order valence-electron chi connectivity index (χ4n) is 8.63. The van der Waals surface area contributed by atoms with Crippen LogP contribution in [0.25, 0.3) is 0 Å². The Kier molecular flexibility index (Phi) is 7.91. The highest BCUT2D eigenvalue weighted by Gasteiger charge is 2.60. The molecule has 0 aliphatic heterocycles. The zero-order valence-corrected chi connectivity index (χ0v) is 22.9. The minimum absolute atomic E-state index is 0.0571. The normalized spacial score (nSPS) is 38.1. The molecule has 2 saturated carbocycles. The molecule has 0 bridgehead atoms. The van der Waals surface area contributed by atoms with Gasteiger partial charge in [0.2, 0.25) is 0 Å². The number of carbonyl (C=O) groups is 1. The van der Waals surface area contributed by atoms with Gasteiger partial charge in [-0.25, -0.2) is 4.79 Å². The van der Waals surface area contributed by atoms with Crippen molar-refractivity contribution < 1.29 is 14.6 Å². The van der Waals surface area contributed by atoms with Gasteiger partial charge < -0.3 is 15.2 Å². The van der Waals surface area contributed by atoms with Crippen LogP contribution in [-0.2, 0) is 4.74 Å². The van der Waals surface area contributed by atoms with E-state index in [1.165, 1.54) is 43.3 Å². The number of allylic oxidation sites excluding steroid dienone is 4. The Labute approximate surface area is 213 Å². The maximum Gasteiger partial charge on any atom is 0.407 e. The summed E-state index contributed by atoms with van der Waals surface area (Å²) in [5, 5.41) is 11.6. The van der Waals surface area contributed by atoms with E-state index in [9.17, 15) is 4.79 Å². The third-order valence-corrected chi connectivity index (χ3v) is 10.2. The van der Waals surface area contributed by atoms with E-state index in [0.29, 0.717) is 29.1 Å². The molecule has 0 heterocycles. The lowest BCUT2D eigenvalue weighted by Gasteiger charge is -2.60. The van der Waals surface area contributed by atoms with Crippen LogP contribution in [0.3, 0.4) is 0 Å². The predicted molar refractivity (Wildman–Crippen MR) is 143 cm³/mol. The van der Waals surface area contributed by atoms with Crippen LogP contribution < -0.4 is 5.32 Å². The van der Waals surface area contributed by atoms with E-state index in [2.05, 4.69) is 58.7 Å². The molecule has 0 radical (unpaired) electrons. The first-order valence-electron chi connectivity index (χ1n) is 14.2. The maximum absolute atomic E-state index is 12.1. The minimum atomic E-state index is -0.400. The lowest BCUT2D eigenvalue weighted by atomic mass is 9.44. The van der Waals surface area contributed by atoms with Crippen molar-refractivity contribution in [1.82, 2.24) is 5.32 Å². The Balaban J connectivity index is 1.47. The molecule has 0 aromatic heterocycles. The fraction of sp³-hybridized carbons (Fsp3) is 0.774. The van der Waals surface area contributed by atoms with Crippen LogP contribution in [-0.4, -0.2) is 30.5 Å². The summed E-state index contributed by atoms with van der Waals surface area (Å²) in [6.07, 6.45) is 15.0. The van der Waals surface area contributed by atoms with E-state index in [1.54, 1.807) is 5.57 Å². The monoisotopic (exact) mass is 483 g/mol. The summed E-state index contributed by atoms with van der Waals surface area (Å²) in [6.45, 7) is 16.9.